The molecule has 0 saturated carbocycles. The third kappa shape index (κ3) is 6.89. The molecular weight excluding hydrogens is 524 g/mol. The highest BCUT2D eigenvalue weighted by Gasteiger charge is 2.27. The molecule has 3 N–H and O–H groups in total. The van der Waals surface area contributed by atoms with Crippen LogP contribution in [0, 0.1) is 0 Å². The summed E-state index contributed by atoms with van der Waals surface area (Å²) in [4.78, 5) is 20.4. The zero-order valence-corrected chi connectivity index (χ0v) is 22.8. The minimum Gasteiger partial charge on any atom is -0.459 e. The molecule has 0 aliphatic carbocycles. The first-order valence-corrected chi connectivity index (χ1v) is 12.9. The molecule has 2 aromatic carbocycles. The van der Waals surface area contributed by atoms with Crippen LogP contribution in [0.5, 0.6) is 0 Å². The van der Waals surface area contributed by atoms with E-state index >= 15 is 0 Å². The van der Waals surface area contributed by atoms with Gasteiger partial charge in [-0.3, -0.25) is 4.79 Å². The summed E-state index contributed by atoms with van der Waals surface area (Å²) in [6, 6.07) is 14.6. The first-order valence-electron chi connectivity index (χ1n) is 12.1. The number of carbonyl (C=O) groups is 1. The zero-order valence-electron chi connectivity index (χ0n) is 21.3. The SMILES string of the molecule is CC(C)(C)OC(=O)C1CC(c2ccc3ccnc(Cl)c3c2)=CCN1.OB(O)c1ccc2ccnc(Cl)c2c1. The molecule has 3 heterocycles. The predicted molar refractivity (Wildman–Crippen MR) is 154 cm³/mol. The van der Waals surface area contributed by atoms with Crippen LogP contribution in [0.1, 0.15) is 32.8 Å². The lowest BCUT2D eigenvalue weighted by Crippen LogP contribution is -2.43. The van der Waals surface area contributed by atoms with Crippen molar-refractivity contribution >= 4 is 68.9 Å². The van der Waals surface area contributed by atoms with Gasteiger partial charge in [0.25, 0.3) is 0 Å². The van der Waals surface area contributed by atoms with Crippen molar-refractivity contribution in [1.82, 2.24) is 15.3 Å². The number of halogens is 2. The molecule has 0 bridgehead atoms. The van der Waals surface area contributed by atoms with Crippen molar-refractivity contribution in [3.63, 3.8) is 0 Å². The van der Waals surface area contributed by atoms with Gasteiger partial charge in [0, 0.05) is 29.7 Å². The van der Waals surface area contributed by atoms with Crippen molar-refractivity contribution < 1.29 is 19.6 Å². The van der Waals surface area contributed by atoms with E-state index in [0.717, 1.165) is 32.7 Å². The first kappa shape index (κ1) is 28.0. The van der Waals surface area contributed by atoms with E-state index in [1.54, 1.807) is 30.6 Å². The van der Waals surface area contributed by atoms with Crippen molar-refractivity contribution in [3.05, 3.63) is 82.9 Å². The van der Waals surface area contributed by atoms with E-state index in [1.165, 1.54) is 0 Å². The third-order valence-electron chi connectivity index (χ3n) is 5.96. The van der Waals surface area contributed by atoms with Gasteiger partial charge in [-0.05, 0) is 72.8 Å². The molecular formula is C28H28BCl2N3O4. The Morgan fingerprint density at radius 1 is 0.974 bits per heavy atom. The fourth-order valence-corrected chi connectivity index (χ4v) is 4.56. The maximum atomic E-state index is 12.3. The molecule has 2 aromatic heterocycles. The summed E-state index contributed by atoms with van der Waals surface area (Å²) in [5.41, 5.74) is 2.11. The lowest BCUT2D eigenvalue weighted by Gasteiger charge is -2.27. The number of benzene rings is 2. The number of nitrogens with zero attached hydrogens (tertiary/aromatic N) is 2. The third-order valence-corrected chi connectivity index (χ3v) is 6.56. The molecule has 0 fully saturated rings. The van der Waals surface area contributed by atoms with Gasteiger partial charge >= 0.3 is 13.1 Å². The number of carbonyl (C=O) groups excluding carboxylic acids is 1. The van der Waals surface area contributed by atoms with Crippen LogP contribution in [0.15, 0.2) is 67.0 Å². The molecule has 4 aromatic rings. The van der Waals surface area contributed by atoms with Crippen LogP contribution in [0.25, 0.3) is 27.1 Å². The van der Waals surface area contributed by atoms with Gasteiger partial charge in [0.05, 0.1) is 0 Å². The Kier molecular flexibility index (Phi) is 8.70. The van der Waals surface area contributed by atoms with Gasteiger partial charge in [0.1, 0.15) is 21.9 Å². The highest BCUT2D eigenvalue weighted by Crippen LogP contribution is 2.29. The molecule has 0 amide bonds. The quantitative estimate of drug-likeness (QED) is 0.195. The molecule has 5 rings (SSSR count). The van der Waals surface area contributed by atoms with Gasteiger partial charge in [-0.1, -0.05) is 59.6 Å². The highest BCUT2D eigenvalue weighted by molar-refractivity contribution is 6.59. The Morgan fingerprint density at radius 2 is 1.58 bits per heavy atom. The number of pyridine rings is 2. The molecule has 1 atom stereocenters. The highest BCUT2D eigenvalue weighted by atomic mass is 35.5. The molecule has 7 nitrogen and oxygen atoms in total. The van der Waals surface area contributed by atoms with E-state index < -0.39 is 12.7 Å². The fraction of sp³-hybridized carbons (Fsp3) is 0.250. The number of rotatable bonds is 3. The predicted octanol–water partition coefficient (Wildman–Crippen LogP) is 4.54. The number of fused-ring (bicyclic) bond motifs is 2. The Balaban J connectivity index is 0.000000204. The van der Waals surface area contributed by atoms with Crippen molar-refractivity contribution in [2.24, 2.45) is 0 Å². The molecule has 10 heteroatoms. The van der Waals surface area contributed by atoms with Gasteiger partial charge in [-0.2, -0.15) is 0 Å². The summed E-state index contributed by atoms with van der Waals surface area (Å²) in [5.74, 6) is -0.214. The molecule has 1 aliphatic heterocycles. The van der Waals surface area contributed by atoms with Crippen molar-refractivity contribution in [1.29, 1.82) is 0 Å². The zero-order chi connectivity index (χ0) is 27.4. The second-order valence-electron chi connectivity index (χ2n) is 9.92. The molecule has 1 aliphatic rings. The number of nitrogens with one attached hydrogen (secondary N) is 1. The van der Waals surface area contributed by atoms with E-state index in [2.05, 4.69) is 27.4 Å². The summed E-state index contributed by atoms with van der Waals surface area (Å²) in [5, 5.41) is 25.6. The maximum Gasteiger partial charge on any atom is 0.488 e. The summed E-state index contributed by atoms with van der Waals surface area (Å²) in [6.45, 7) is 6.27. The largest absolute Gasteiger partial charge is 0.488 e. The molecule has 0 spiro atoms. The summed E-state index contributed by atoms with van der Waals surface area (Å²) in [7, 11) is -1.48. The monoisotopic (exact) mass is 551 g/mol. The average molecular weight is 552 g/mol. The Morgan fingerprint density at radius 3 is 2.18 bits per heavy atom. The van der Waals surface area contributed by atoms with E-state index in [-0.39, 0.29) is 12.0 Å². The van der Waals surface area contributed by atoms with E-state index in [1.807, 2.05) is 45.0 Å². The van der Waals surface area contributed by atoms with Crippen LogP contribution >= 0.6 is 23.2 Å². The standard InChI is InChI=1S/C19H21ClN2O2.C9H7BClNO2/c1-19(2,3)24-18(23)16-11-14(7-8-21-16)13-5-4-12-6-9-22-17(20)15(12)10-13;11-9-8-5-7(10(13)14)2-1-6(8)3-4-12-9/h4-7,9-10,16,21H,8,11H2,1-3H3;1-5,13-14H. The van der Waals surface area contributed by atoms with Crippen LogP contribution in [-0.2, 0) is 9.53 Å². The average Bonchev–Trinajstić information content (AvgIpc) is 2.88. The number of ether oxygens (including phenoxy) is 1. The lowest BCUT2D eigenvalue weighted by atomic mass is 9.79. The molecule has 38 heavy (non-hydrogen) atoms. The normalized spacial score (nSPS) is 15.4. The van der Waals surface area contributed by atoms with Crippen LogP contribution in [0.4, 0.5) is 0 Å². The van der Waals surface area contributed by atoms with Gasteiger partial charge < -0.3 is 20.1 Å². The minimum atomic E-state index is -1.48. The van der Waals surface area contributed by atoms with Crippen LogP contribution in [0.3, 0.4) is 0 Å². The van der Waals surface area contributed by atoms with Crippen molar-refractivity contribution in [2.45, 2.75) is 38.8 Å². The van der Waals surface area contributed by atoms with Crippen LogP contribution in [0.2, 0.25) is 10.3 Å². The Hall–Kier alpha value is -3.01. The first-order chi connectivity index (χ1) is 18.0. The second kappa shape index (κ2) is 11.8. The van der Waals surface area contributed by atoms with Gasteiger partial charge in [0.15, 0.2) is 0 Å². The van der Waals surface area contributed by atoms with Gasteiger partial charge in [-0.15, -0.1) is 0 Å². The van der Waals surface area contributed by atoms with E-state index in [4.69, 9.17) is 38.0 Å². The summed E-state index contributed by atoms with van der Waals surface area (Å²) in [6.07, 6.45) is 6.01. The minimum absolute atomic E-state index is 0.214. The lowest BCUT2D eigenvalue weighted by molar-refractivity contribution is -0.157. The molecule has 0 radical (unpaired) electrons. The summed E-state index contributed by atoms with van der Waals surface area (Å²) < 4.78 is 5.49. The topological polar surface area (TPSA) is 105 Å². The number of aromatic nitrogens is 2. The summed E-state index contributed by atoms with van der Waals surface area (Å²) >= 11 is 12.1. The molecule has 1 unspecified atom stereocenters. The van der Waals surface area contributed by atoms with Crippen molar-refractivity contribution in [3.8, 4) is 0 Å². The van der Waals surface area contributed by atoms with Crippen LogP contribution < -0.4 is 10.8 Å². The Labute approximate surface area is 231 Å². The maximum absolute atomic E-state index is 12.3. The van der Waals surface area contributed by atoms with Crippen molar-refractivity contribution in [2.75, 3.05) is 6.54 Å². The number of esters is 1. The fourth-order valence-electron chi connectivity index (χ4n) is 4.12. The molecule has 196 valence electrons. The molecule has 0 saturated heterocycles. The smallest absolute Gasteiger partial charge is 0.459 e. The second-order valence-corrected chi connectivity index (χ2v) is 10.6. The number of hydrogen-bond donors (Lipinski definition) is 3. The van der Waals surface area contributed by atoms with E-state index in [0.29, 0.717) is 28.7 Å². The van der Waals surface area contributed by atoms with Gasteiger partial charge in [-0.25, -0.2) is 9.97 Å². The Bertz CT molecular complexity index is 1500. The van der Waals surface area contributed by atoms with Crippen LogP contribution in [-0.4, -0.2) is 51.3 Å². The van der Waals surface area contributed by atoms with Gasteiger partial charge in [0.2, 0.25) is 0 Å². The number of hydrogen-bond acceptors (Lipinski definition) is 7. The van der Waals surface area contributed by atoms with E-state index in [9.17, 15) is 4.79 Å².